The fraction of sp³-hybridized carbons (Fsp3) is 0.100. The number of hydrogen-bond donors (Lipinski definition) is 1. The highest BCUT2D eigenvalue weighted by atomic mass is 35.5. The van der Waals surface area contributed by atoms with E-state index in [0.717, 1.165) is 16.5 Å². The Labute approximate surface area is 155 Å². The van der Waals surface area contributed by atoms with Crippen molar-refractivity contribution in [1.82, 2.24) is 0 Å². The molecule has 1 amide bonds. The lowest BCUT2D eigenvalue weighted by Gasteiger charge is -2.09. The van der Waals surface area contributed by atoms with E-state index in [9.17, 15) is 4.79 Å². The van der Waals surface area contributed by atoms with Crippen molar-refractivity contribution in [3.8, 4) is 17.6 Å². The number of benzene rings is 3. The second-order valence-corrected chi connectivity index (χ2v) is 5.93. The monoisotopic (exact) mass is 366 g/mol. The van der Waals surface area contributed by atoms with Crippen LogP contribution >= 0.6 is 11.6 Å². The Balaban J connectivity index is 1.64. The lowest BCUT2D eigenvalue weighted by atomic mass is 10.1. The van der Waals surface area contributed by atoms with Crippen LogP contribution in [0.3, 0.4) is 0 Å². The molecular formula is C20H15ClN2O3. The van der Waals surface area contributed by atoms with E-state index in [2.05, 4.69) is 5.32 Å². The van der Waals surface area contributed by atoms with E-state index in [0.29, 0.717) is 17.0 Å². The van der Waals surface area contributed by atoms with Gasteiger partial charge in [0.05, 0.1) is 17.7 Å². The zero-order chi connectivity index (χ0) is 18.5. The minimum Gasteiger partial charge on any atom is -0.497 e. The summed E-state index contributed by atoms with van der Waals surface area (Å²) in [5.74, 6) is 1.01. The van der Waals surface area contributed by atoms with Crippen LogP contribution in [0.25, 0.3) is 10.8 Å². The molecule has 0 fully saturated rings. The molecule has 6 heteroatoms. The van der Waals surface area contributed by atoms with Gasteiger partial charge >= 0.3 is 0 Å². The summed E-state index contributed by atoms with van der Waals surface area (Å²) in [6.45, 7) is -0.146. The minimum absolute atomic E-state index is 0.146. The third-order valence-corrected chi connectivity index (χ3v) is 4.07. The van der Waals surface area contributed by atoms with Crippen molar-refractivity contribution in [2.45, 2.75) is 0 Å². The Hall–Kier alpha value is -3.23. The van der Waals surface area contributed by atoms with Crippen molar-refractivity contribution in [3.63, 3.8) is 0 Å². The third kappa shape index (κ3) is 4.05. The van der Waals surface area contributed by atoms with Gasteiger partial charge in [0.15, 0.2) is 6.61 Å². The number of nitriles is 1. The maximum absolute atomic E-state index is 12.1. The van der Waals surface area contributed by atoms with Crippen LogP contribution in [0.2, 0.25) is 5.02 Å². The highest BCUT2D eigenvalue weighted by molar-refractivity contribution is 6.32. The van der Waals surface area contributed by atoms with Crippen molar-refractivity contribution in [2.75, 3.05) is 19.0 Å². The van der Waals surface area contributed by atoms with E-state index in [1.165, 1.54) is 6.07 Å². The van der Waals surface area contributed by atoms with Crippen LogP contribution in [-0.4, -0.2) is 19.6 Å². The summed E-state index contributed by atoms with van der Waals surface area (Å²) in [5.41, 5.74) is 0.860. The van der Waals surface area contributed by atoms with Crippen molar-refractivity contribution in [2.24, 2.45) is 0 Å². The first kappa shape index (κ1) is 17.6. The average molecular weight is 367 g/mol. The van der Waals surface area contributed by atoms with Gasteiger partial charge in [-0.3, -0.25) is 4.79 Å². The third-order valence-electron chi connectivity index (χ3n) is 3.76. The summed E-state index contributed by atoms with van der Waals surface area (Å²) in [5, 5.41) is 13.8. The molecule has 0 heterocycles. The van der Waals surface area contributed by atoms with Crippen molar-refractivity contribution >= 4 is 34.0 Å². The van der Waals surface area contributed by atoms with E-state index in [4.69, 9.17) is 26.3 Å². The molecule has 0 saturated heterocycles. The zero-order valence-corrected chi connectivity index (χ0v) is 14.7. The van der Waals surface area contributed by atoms with Gasteiger partial charge in [-0.1, -0.05) is 23.7 Å². The molecule has 5 nitrogen and oxygen atoms in total. The van der Waals surface area contributed by atoms with Gasteiger partial charge in [-0.25, -0.2) is 0 Å². The number of amides is 1. The van der Waals surface area contributed by atoms with Gasteiger partial charge in [0.2, 0.25) is 0 Å². The zero-order valence-electron chi connectivity index (χ0n) is 14.0. The van der Waals surface area contributed by atoms with Gasteiger partial charge in [-0.05, 0) is 53.2 Å². The fourth-order valence-corrected chi connectivity index (χ4v) is 2.67. The average Bonchev–Trinajstić information content (AvgIpc) is 2.66. The van der Waals surface area contributed by atoms with Crippen molar-refractivity contribution < 1.29 is 14.3 Å². The predicted molar refractivity (Wildman–Crippen MR) is 101 cm³/mol. The summed E-state index contributed by atoms with van der Waals surface area (Å²) < 4.78 is 10.8. The summed E-state index contributed by atoms with van der Waals surface area (Å²) in [6, 6.07) is 18.0. The maximum Gasteiger partial charge on any atom is 0.262 e. The molecule has 3 aromatic carbocycles. The predicted octanol–water partition coefficient (Wildman–Crippen LogP) is 4.39. The minimum atomic E-state index is -0.323. The van der Waals surface area contributed by atoms with Gasteiger partial charge < -0.3 is 14.8 Å². The number of fused-ring (bicyclic) bond motifs is 1. The Morgan fingerprint density at radius 2 is 1.81 bits per heavy atom. The highest BCUT2D eigenvalue weighted by Gasteiger charge is 2.07. The van der Waals surface area contributed by atoms with E-state index in [1.807, 2.05) is 36.4 Å². The molecule has 0 aliphatic heterocycles. The number of anilines is 1. The molecule has 0 aliphatic rings. The smallest absolute Gasteiger partial charge is 0.262 e. The number of carbonyl (C=O) groups is 1. The quantitative estimate of drug-likeness (QED) is 0.726. The standard InChI is InChI=1S/C20H15ClN2O3/c1-25-17-6-3-13-4-7-18(9-15(13)8-17)26-12-20(24)23-16-5-2-14(11-22)19(21)10-16/h2-10H,12H2,1H3,(H,23,24). The molecule has 3 aromatic rings. The molecule has 0 radical (unpaired) electrons. The van der Waals surface area contributed by atoms with Gasteiger partial charge in [0.25, 0.3) is 5.91 Å². The molecule has 0 unspecified atom stereocenters. The van der Waals surface area contributed by atoms with Gasteiger partial charge in [0, 0.05) is 5.69 Å². The first-order valence-corrected chi connectivity index (χ1v) is 8.17. The number of methoxy groups -OCH3 is 1. The van der Waals surface area contributed by atoms with E-state index < -0.39 is 0 Å². The van der Waals surface area contributed by atoms with Gasteiger partial charge in [-0.2, -0.15) is 5.26 Å². The number of rotatable bonds is 5. The molecule has 0 saturated carbocycles. The first-order valence-electron chi connectivity index (χ1n) is 7.79. The highest BCUT2D eigenvalue weighted by Crippen LogP contribution is 2.25. The van der Waals surface area contributed by atoms with Crippen molar-refractivity contribution in [1.29, 1.82) is 5.26 Å². The number of ether oxygens (including phenoxy) is 2. The molecule has 0 aliphatic carbocycles. The molecule has 0 spiro atoms. The first-order chi connectivity index (χ1) is 12.6. The Morgan fingerprint density at radius 1 is 1.08 bits per heavy atom. The van der Waals surface area contributed by atoms with Crippen LogP contribution in [0.15, 0.2) is 54.6 Å². The Bertz CT molecular complexity index is 1010. The molecule has 0 bridgehead atoms. The van der Waals surface area contributed by atoms with E-state index in [1.54, 1.807) is 25.3 Å². The van der Waals surface area contributed by atoms with E-state index >= 15 is 0 Å². The summed E-state index contributed by atoms with van der Waals surface area (Å²) >= 11 is 5.95. The van der Waals surface area contributed by atoms with Crippen LogP contribution in [0.5, 0.6) is 11.5 Å². The van der Waals surface area contributed by atoms with Gasteiger partial charge in [-0.15, -0.1) is 0 Å². The van der Waals surface area contributed by atoms with Crippen LogP contribution in [0.1, 0.15) is 5.56 Å². The molecule has 1 N–H and O–H groups in total. The normalized spacial score (nSPS) is 10.2. The number of nitrogens with zero attached hydrogens (tertiary/aromatic N) is 1. The topological polar surface area (TPSA) is 71.3 Å². The number of halogens is 1. The largest absolute Gasteiger partial charge is 0.497 e. The lowest BCUT2D eigenvalue weighted by molar-refractivity contribution is -0.118. The number of nitrogens with one attached hydrogen (secondary N) is 1. The second kappa shape index (κ2) is 7.77. The van der Waals surface area contributed by atoms with Crippen LogP contribution < -0.4 is 14.8 Å². The molecular weight excluding hydrogens is 352 g/mol. The summed E-state index contributed by atoms with van der Waals surface area (Å²) in [4.78, 5) is 12.1. The lowest BCUT2D eigenvalue weighted by Crippen LogP contribution is -2.20. The Kier molecular flexibility index (Phi) is 5.26. The van der Waals surface area contributed by atoms with Crippen LogP contribution in [-0.2, 0) is 4.79 Å². The Morgan fingerprint density at radius 3 is 2.50 bits per heavy atom. The summed E-state index contributed by atoms with van der Waals surface area (Å²) in [6.07, 6.45) is 0. The van der Waals surface area contributed by atoms with Gasteiger partial charge in [0.1, 0.15) is 17.6 Å². The molecule has 26 heavy (non-hydrogen) atoms. The molecule has 130 valence electrons. The van der Waals surface area contributed by atoms with E-state index in [-0.39, 0.29) is 17.5 Å². The van der Waals surface area contributed by atoms with Crippen LogP contribution in [0, 0.1) is 11.3 Å². The number of hydrogen-bond acceptors (Lipinski definition) is 4. The molecule has 0 atom stereocenters. The summed E-state index contributed by atoms with van der Waals surface area (Å²) in [7, 11) is 1.61. The molecule has 0 aromatic heterocycles. The maximum atomic E-state index is 12.1. The fourth-order valence-electron chi connectivity index (χ4n) is 2.45. The van der Waals surface area contributed by atoms with Crippen LogP contribution in [0.4, 0.5) is 5.69 Å². The van der Waals surface area contributed by atoms with Crippen molar-refractivity contribution in [3.05, 3.63) is 65.2 Å². The molecule has 3 rings (SSSR count). The second-order valence-electron chi connectivity index (χ2n) is 5.52. The SMILES string of the molecule is COc1ccc2ccc(OCC(=O)Nc3ccc(C#N)c(Cl)c3)cc2c1. The number of carbonyl (C=O) groups excluding carboxylic acids is 1.